The third kappa shape index (κ3) is 1.61. The summed E-state index contributed by atoms with van der Waals surface area (Å²) in [4.78, 5) is 14.1. The molecule has 2 N–H and O–H groups in total. The molecule has 1 saturated carbocycles. The average Bonchev–Trinajstić information content (AvgIpc) is 3.02. The zero-order valence-corrected chi connectivity index (χ0v) is 8.29. The van der Waals surface area contributed by atoms with Crippen molar-refractivity contribution in [1.29, 1.82) is 0 Å². The Morgan fingerprint density at radius 3 is 2.93 bits per heavy atom. The molecule has 0 amide bonds. The number of anilines is 1. The van der Waals surface area contributed by atoms with Gasteiger partial charge in [0.05, 0.1) is 0 Å². The highest BCUT2D eigenvalue weighted by Crippen LogP contribution is 2.25. The average molecular weight is 200 g/mol. The summed E-state index contributed by atoms with van der Waals surface area (Å²) in [5.74, 6) is 0. The zero-order chi connectivity index (χ0) is 10.3. The van der Waals surface area contributed by atoms with Crippen LogP contribution in [0.5, 0.6) is 0 Å². The largest absolute Gasteiger partial charge is 0.382 e. The molecule has 2 aromatic rings. The lowest BCUT2D eigenvalue weighted by Crippen LogP contribution is -2.05. The third-order valence-electron chi connectivity index (χ3n) is 2.72. The van der Waals surface area contributed by atoms with Crippen LogP contribution in [0.25, 0.3) is 10.8 Å². The Balaban J connectivity index is 2.09. The molecule has 3 heteroatoms. The number of aromatic amines is 1. The number of fused-ring (bicyclic) bond motifs is 1. The van der Waals surface area contributed by atoms with Crippen molar-refractivity contribution in [2.75, 3.05) is 5.32 Å². The smallest absolute Gasteiger partial charge is 0.255 e. The molecule has 3 rings (SSSR count). The first kappa shape index (κ1) is 8.53. The van der Waals surface area contributed by atoms with Gasteiger partial charge in [-0.05, 0) is 42.5 Å². The molecular formula is C12H12N2O. The van der Waals surface area contributed by atoms with Crippen molar-refractivity contribution in [3.63, 3.8) is 0 Å². The molecule has 0 bridgehead atoms. The van der Waals surface area contributed by atoms with Crippen molar-refractivity contribution in [1.82, 2.24) is 4.98 Å². The summed E-state index contributed by atoms with van der Waals surface area (Å²) in [5, 5.41) is 5.15. The van der Waals surface area contributed by atoms with E-state index in [0.29, 0.717) is 6.04 Å². The van der Waals surface area contributed by atoms with Crippen LogP contribution in [-0.4, -0.2) is 11.0 Å². The predicted molar refractivity (Wildman–Crippen MR) is 61.2 cm³/mol. The van der Waals surface area contributed by atoms with Crippen LogP contribution in [0.3, 0.4) is 0 Å². The second-order valence-electron chi connectivity index (χ2n) is 4.03. The van der Waals surface area contributed by atoms with Crippen LogP contribution in [0.15, 0.2) is 35.3 Å². The maximum absolute atomic E-state index is 11.4. The van der Waals surface area contributed by atoms with E-state index in [0.717, 1.165) is 16.5 Å². The fourth-order valence-corrected chi connectivity index (χ4v) is 1.75. The lowest BCUT2D eigenvalue weighted by atomic mass is 10.1. The summed E-state index contributed by atoms with van der Waals surface area (Å²) < 4.78 is 0. The van der Waals surface area contributed by atoms with E-state index in [9.17, 15) is 4.79 Å². The van der Waals surface area contributed by atoms with Gasteiger partial charge in [-0.2, -0.15) is 0 Å². The van der Waals surface area contributed by atoms with Gasteiger partial charge in [0.2, 0.25) is 0 Å². The van der Waals surface area contributed by atoms with Crippen molar-refractivity contribution in [2.45, 2.75) is 18.9 Å². The molecule has 76 valence electrons. The molecular weight excluding hydrogens is 188 g/mol. The van der Waals surface area contributed by atoms with Crippen molar-refractivity contribution in [2.24, 2.45) is 0 Å². The van der Waals surface area contributed by atoms with E-state index in [1.807, 2.05) is 24.3 Å². The van der Waals surface area contributed by atoms with Gasteiger partial charge in [0.1, 0.15) is 0 Å². The van der Waals surface area contributed by atoms with Gasteiger partial charge in [0.15, 0.2) is 0 Å². The van der Waals surface area contributed by atoms with Crippen LogP contribution >= 0.6 is 0 Å². The molecule has 1 heterocycles. The summed E-state index contributed by atoms with van der Waals surface area (Å²) in [7, 11) is 0. The van der Waals surface area contributed by atoms with E-state index >= 15 is 0 Å². The molecule has 0 atom stereocenters. The standard InChI is InChI=1S/C12H12N2O/c15-12-11-4-3-10(14-9-1-2-9)7-8(11)5-6-13-12/h3-7,9,14H,1-2H2,(H,13,15). The molecule has 1 aliphatic carbocycles. The van der Waals surface area contributed by atoms with Crippen molar-refractivity contribution >= 4 is 16.5 Å². The number of hydrogen-bond acceptors (Lipinski definition) is 2. The van der Waals surface area contributed by atoms with Gasteiger partial charge in [0.25, 0.3) is 5.56 Å². The lowest BCUT2D eigenvalue weighted by molar-refractivity contribution is 1.16. The Labute approximate surface area is 87.1 Å². The molecule has 15 heavy (non-hydrogen) atoms. The second-order valence-corrected chi connectivity index (χ2v) is 4.03. The van der Waals surface area contributed by atoms with Crippen LogP contribution in [0.4, 0.5) is 5.69 Å². The number of pyridine rings is 1. The van der Waals surface area contributed by atoms with E-state index in [-0.39, 0.29) is 5.56 Å². The number of benzene rings is 1. The maximum atomic E-state index is 11.4. The van der Waals surface area contributed by atoms with Gasteiger partial charge in [0, 0.05) is 23.3 Å². The summed E-state index contributed by atoms with van der Waals surface area (Å²) >= 11 is 0. The first-order chi connectivity index (χ1) is 7.33. The summed E-state index contributed by atoms with van der Waals surface area (Å²) in [5.41, 5.74) is 1.08. The van der Waals surface area contributed by atoms with Crippen molar-refractivity contribution in [3.05, 3.63) is 40.8 Å². The zero-order valence-electron chi connectivity index (χ0n) is 8.29. The number of H-pyrrole nitrogens is 1. The van der Waals surface area contributed by atoms with E-state index in [4.69, 9.17) is 0 Å². The molecule has 0 aliphatic heterocycles. The fraction of sp³-hybridized carbons (Fsp3) is 0.250. The number of rotatable bonds is 2. The van der Waals surface area contributed by atoms with Crippen LogP contribution in [0.2, 0.25) is 0 Å². The Bertz CT molecular complexity index is 555. The normalized spacial score (nSPS) is 15.5. The number of hydrogen-bond donors (Lipinski definition) is 2. The second kappa shape index (κ2) is 3.12. The topological polar surface area (TPSA) is 44.9 Å². The Morgan fingerprint density at radius 2 is 2.13 bits per heavy atom. The summed E-state index contributed by atoms with van der Waals surface area (Å²) in [6.45, 7) is 0. The van der Waals surface area contributed by atoms with Gasteiger partial charge < -0.3 is 10.3 Å². The van der Waals surface area contributed by atoms with Crippen LogP contribution in [0.1, 0.15) is 12.8 Å². The molecule has 0 saturated heterocycles. The molecule has 1 aliphatic rings. The van der Waals surface area contributed by atoms with Crippen LogP contribution in [-0.2, 0) is 0 Å². The van der Waals surface area contributed by atoms with Gasteiger partial charge in [-0.3, -0.25) is 4.79 Å². The lowest BCUT2D eigenvalue weighted by Gasteiger charge is -2.05. The van der Waals surface area contributed by atoms with E-state index in [2.05, 4.69) is 10.3 Å². The molecule has 1 aromatic carbocycles. The third-order valence-corrected chi connectivity index (χ3v) is 2.72. The number of aromatic nitrogens is 1. The van der Waals surface area contributed by atoms with Gasteiger partial charge in [-0.15, -0.1) is 0 Å². The first-order valence-electron chi connectivity index (χ1n) is 5.21. The first-order valence-corrected chi connectivity index (χ1v) is 5.21. The van der Waals surface area contributed by atoms with Gasteiger partial charge >= 0.3 is 0 Å². The predicted octanol–water partition coefficient (Wildman–Crippen LogP) is 2.10. The van der Waals surface area contributed by atoms with E-state index in [1.54, 1.807) is 6.20 Å². The highest BCUT2D eigenvalue weighted by Gasteiger charge is 2.20. The van der Waals surface area contributed by atoms with E-state index in [1.165, 1.54) is 12.8 Å². The fourth-order valence-electron chi connectivity index (χ4n) is 1.75. The molecule has 1 fully saturated rings. The molecule has 0 unspecified atom stereocenters. The van der Waals surface area contributed by atoms with Gasteiger partial charge in [-0.1, -0.05) is 0 Å². The highest BCUT2D eigenvalue weighted by molar-refractivity contribution is 5.84. The Kier molecular flexibility index (Phi) is 1.78. The van der Waals surface area contributed by atoms with Crippen LogP contribution < -0.4 is 10.9 Å². The quantitative estimate of drug-likeness (QED) is 0.779. The highest BCUT2D eigenvalue weighted by atomic mass is 16.1. The molecule has 0 radical (unpaired) electrons. The maximum Gasteiger partial charge on any atom is 0.255 e. The SMILES string of the molecule is O=c1[nH]ccc2cc(NC3CC3)ccc12. The minimum Gasteiger partial charge on any atom is -0.382 e. The Morgan fingerprint density at radius 1 is 1.27 bits per heavy atom. The Hall–Kier alpha value is -1.77. The minimum absolute atomic E-state index is 0.0227. The molecule has 3 nitrogen and oxygen atoms in total. The summed E-state index contributed by atoms with van der Waals surface area (Å²) in [6, 6.07) is 8.44. The monoisotopic (exact) mass is 200 g/mol. The molecule has 1 aromatic heterocycles. The summed E-state index contributed by atoms with van der Waals surface area (Å²) in [6.07, 6.45) is 4.20. The minimum atomic E-state index is -0.0227. The van der Waals surface area contributed by atoms with Crippen molar-refractivity contribution in [3.8, 4) is 0 Å². The van der Waals surface area contributed by atoms with Gasteiger partial charge in [-0.25, -0.2) is 0 Å². The van der Waals surface area contributed by atoms with Crippen LogP contribution in [0, 0.1) is 0 Å². The number of nitrogens with one attached hydrogen (secondary N) is 2. The van der Waals surface area contributed by atoms with Crippen molar-refractivity contribution < 1.29 is 0 Å². The van der Waals surface area contributed by atoms with E-state index < -0.39 is 0 Å². The molecule has 0 spiro atoms.